The van der Waals surface area contributed by atoms with Crippen molar-refractivity contribution in [1.29, 1.82) is 0 Å². The van der Waals surface area contributed by atoms with Crippen molar-refractivity contribution in [3.05, 3.63) is 46.0 Å². The van der Waals surface area contributed by atoms with E-state index in [0.717, 1.165) is 14.2 Å². The zero-order valence-corrected chi connectivity index (χ0v) is 12.0. The van der Waals surface area contributed by atoms with Gasteiger partial charge in [-0.15, -0.1) is 11.3 Å². The smallest absolute Gasteiger partial charge is 0.186 e. The fraction of sp³-hybridized carbons (Fsp3) is 0. The predicted molar refractivity (Wildman–Crippen MR) is 77.3 cm³/mol. The van der Waals surface area contributed by atoms with E-state index in [2.05, 4.69) is 21.1 Å². The molecule has 6 heteroatoms. The van der Waals surface area contributed by atoms with Crippen molar-refractivity contribution in [2.24, 2.45) is 0 Å². The van der Waals surface area contributed by atoms with Crippen LogP contribution in [0.2, 0.25) is 0 Å². The van der Waals surface area contributed by atoms with E-state index < -0.39 is 0 Å². The van der Waals surface area contributed by atoms with E-state index in [4.69, 9.17) is 10.3 Å². The third-order valence-electron chi connectivity index (χ3n) is 2.65. The Morgan fingerprint density at radius 2 is 1.89 bits per heavy atom. The van der Waals surface area contributed by atoms with E-state index in [-0.39, 0.29) is 5.82 Å². The van der Waals surface area contributed by atoms with Crippen molar-refractivity contribution >= 4 is 33.1 Å². The Kier molecular flexibility index (Phi) is 3.12. The normalized spacial score (nSPS) is 10.8. The third-order valence-corrected chi connectivity index (χ3v) is 4.27. The summed E-state index contributed by atoms with van der Waals surface area (Å²) in [4.78, 5) is 0.912. The molecule has 2 aromatic heterocycles. The number of anilines is 1. The van der Waals surface area contributed by atoms with Gasteiger partial charge in [0.05, 0.1) is 14.2 Å². The van der Waals surface area contributed by atoms with Gasteiger partial charge in [0.15, 0.2) is 11.6 Å². The van der Waals surface area contributed by atoms with E-state index in [0.29, 0.717) is 17.1 Å². The molecule has 1 aromatic carbocycles. The molecular formula is C13H8BrFN2OS. The van der Waals surface area contributed by atoms with Crippen LogP contribution in [0.15, 0.2) is 44.7 Å². The number of halogens is 2. The molecule has 0 atom stereocenters. The lowest BCUT2D eigenvalue weighted by Gasteiger charge is -2.00. The van der Waals surface area contributed by atoms with Gasteiger partial charge in [0.2, 0.25) is 0 Å². The molecule has 0 aliphatic rings. The first-order valence-corrected chi connectivity index (χ1v) is 7.03. The van der Waals surface area contributed by atoms with E-state index in [1.807, 2.05) is 12.1 Å². The summed E-state index contributed by atoms with van der Waals surface area (Å²) in [6.07, 6.45) is 0. The lowest BCUT2D eigenvalue weighted by molar-refractivity contribution is 0.437. The van der Waals surface area contributed by atoms with E-state index in [9.17, 15) is 4.39 Å². The number of rotatable bonds is 2. The molecule has 0 unspecified atom stereocenters. The van der Waals surface area contributed by atoms with E-state index >= 15 is 0 Å². The zero-order chi connectivity index (χ0) is 13.4. The van der Waals surface area contributed by atoms with Gasteiger partial charge in [0.25, 0.3) is 0 Å². The Balaban J connectivity index is 2.16. The summed E-state index contributed by atoms with van der Waals surface area (Å²) in [6, 6.07) is 9.93. The maximum atomic E-state index is 13.0. The van der Waals surface area contributed by atoms with Crippen molar-refractivity contribution in [3.63, 3.8) is 0 Å². The highest BCUT2D eigenvalue weighted by atomic mass is 79.9. The molecule has 0 aliphatic heterocycles. The van der Waals surface area contributed by atoms with Gasteiger partial charge in [-0.2, -0.15) is 0 Å². The minimum Gasteiger partial charge on any atom is -0.380 e. The Morgan fingerprint density at radius 1 is 1.16 bits per heavy atom. The van der Waals surface area contributed by atoms with Crippen molar-refractivity contribution in [2.45, 2.75) is 0 Å². The first-order valence-electron chi connectivity index (χ1n) is 5.42. The topological polar surface area (TPSA) is 52.0 Å². The number of nitrogens with two attached hydrogens (primary N) is 1. The van der Waals surface area contributed by atoms with Gasteiger partial charge in [-0.05, 0) is 45.8 Å². The van der Waals surface area contributed by atoms with Crippen LogP contribution in [0.25, 0.3) is 21.8 Å². The fourth-order valence-electron chi connectivity index (χ4n) is 1.80. The van der Waals surface area contributed by atoms with Crippen LogP contribution in [0.5, 0.6) is 0 Å². The van der Waals surface area contributed by atoms with Crippen LogP contribution < -0.4 is 5.73 Å². The summed E-state index contributed by atoms with van der Waals surface area (Å²) in [5, 5.41) is 3.80. The third kappa shape index (κ3) is 2.29. The number of hydrogen-bond donors (Lipinski definition) is 1. The lowest BCUT2D eigenvalue weighted by Crippen LogP contribution is -1.88. The molecule has 96 valence electrons. The van der Waals surface area contributed by atoms with Crippen molar-refractivity contribution < 1.29 is 8.91 Å². The van der Waals surface area contributed by atoms with Crippen LogP contribution in [-0.4, -0.2) is 5.16 Å². The zero-order valence-electron chi connectivity index (χ0n) is 9.56. The molecule has 0 spiro atoms. The molecule has 3 aromatic rings. The van der Waals surface area contributed by atoms with E-state index in [1.165, 1.54) is 23.5 Å². The van der Waals surface area contributed by atoms with Gasteiger partial charge < -0.3 is 10.3 Å². The number of nitrogen functional groups attached to an aromatic ring is 1. The maximum absolute atomic E-state index is 13.0. The van der Waals surface area contributed by atoms with Gasteiger partial charge in [-0.1, -0.05) is 17.3 Å². The summed E-state index contributed by atoms with van der Waals surface area (Å²) in [7, 11) is 0. The molecule has 0 amide bonds. The van der Waals surface area contributed by atoms with Crippen LogP contribution in [0.3, 0.4) is 0 Å². The Labute approximate surface area is 121 Å². The van der Waals surface area contributed by atoms with Gasteiger partial charge in [0, 0.05) is 0 Å². The average Bonchev–Trinajstić information content (AvgIpc) is 2.97. The molecule has 3 nitrogen and oxygen atoms in total. The van der Waals surface area contributed by atoms with Gasteiger partial charge in [0.1, 0.15) is 5.82 Å². The quantitative estimate of drug-likeness (QED) is 0.745. The number of hydrogen-bond acceptors (Lipinski definition) is 4. The first-order chi connectivity index (χ1) is 9.15. The lowest BCUT2D eigenvalue weighted by atomic mass is 10.1. The number of nitrogens with zero attached hydrogens (tertiary/aromatic N) is 1. The minimum absolute atomic E-state index is 0.292. The van der Waals surface area contributed by atoms with Gasteiger partial charge >= 0.3 is 0 Å². The second-order valence-electron chi connectivity index (χ2n) is 3.88. The maximum Gasteiger partial charge on any atom is 0.186 e. The van der Waals surface area contributed by atoms with Gasteiger partial charge in [-0.3, -0.25) is 0 Å². The molecule has 0 saturated heterocycles. The summed E-state index contributed by atoms with van der Waals surface area (Å²) in [6.45, 7) is 0. The average molecular weight is 339 g/mol. The molecule has 2 heterocycles. The van der Waals surface area contributed by atoms with Crippen LogP contribution in [0, 0.1) is 5.82 Å². The highest BCUT2D eigenvalue weighted by Gasteiger charge is 2.18. The number of benzene rings is 1. The Morgan fingerprint density at radius 3 is 2.53 bits per heavy atom. The molecule has 3 rings (SSSR count). The highest BCUT2D eigenvalue weighted by Crippen LogP contribution is 2.40. The number of aromatic nitrogens is 1. The van der Waals surface area contributed by atoms with Crippen LogP contribution in [0.1, 0.15) is 0 Å². The molecule has 0 fully saturated rings. The van der Waals surface area contributed by atoms with Crippen LogP contribution in [0.4, 0.5) is 10.2 Å². The Bertz CT molecular complexity index is 721. The SMILES string of the molecule is Nc1noc(-c2ccc(Br)s2)c1-c1ccc(F)cc1. The van der Waals surface area contributed by atoms with E-state index in [1.54, 1.807) is 12.1 Å². The molecule has 0 bridgehead atoms. The fourth-order valence-corrected chi connectivity index (χ4v) is 3.17. The van der Waals surface area contributed by atoms with Gasteiger partial charge in [-0.25, -0.2) is 4.39 Å². The first kappa shape index (κ1) is 12.4. The highest BCUT2D eigenvalue weighted by molar-refractivity contribution is 9.11. The van der Waals surface area contributed by atoms with Crippen molar-refractivity contribution in [2.75, 3.05) is 5.73 Å². The van der Waals surface area contributed by atoms with Crippen molar-refractivity contribution in [3.8, 4) is 21.8 Å². The molecule has 0 radical (unpaired) electrons. The predicted octanol–water partition coefficient (Wildman–Crippen LogP) is 4.55. The summed E-state index contributed by atoms with van der Waals surface area (Å²) >= 11 is 4.92. The van der Waals surface area contributed by atoms with Crippen LogP contribution in [-0.2, 0) is 0 Å². The second kappa shape index (κ2) is 4.79. The monoisotopic (exact) mass is 338 g/mol. The number of thiophene rings is 1. The summed E-state index contributed by atoms with van der Waals surface area (Å²) in [5.74, 6) is 0.602. The summed E-state index contributed by atoms with van der Waals surface area (Å²) < 4.78 is 19.3. The summed E-state index contributed by atoms with van der Waals surface area (Å²) in [5.41, 5.74) is 7.32. The second-order valence-corrected chi connectivity index (χ2v) is 6.35. The molecule has 2 N–H and O–H groups in total. The standard InChI is InChI=1S/C13H8BrFN2OS/c14-10-6-5-9(19-10)12-11(13(16)17-18-12)7-1-3-8(15)4-2-7/h1-6H,(H2,16,17). The minimum atomic E-state index is -0.292. The molecule has 0 saturated carbocycles. The van der Waals surface area contributed by atoms with Crippen molar-refractivity contribution in [1.82, 2.24) is 5.16 Å². The van der Waals surface area contributed by atoms with Crippen LogP contribution >= 0.6 is 27.3 Å². The molecule has 0 aliphatic carbocycles. The Hall–Kier alpha value is -1.66. The largest absolute Gasteiger partial charge is 0.380 e. The molecular weight excluding hydrogens is 331 g/mol. The molecule has 19 heavy (non-hydrogen) atoms.